The Balaban J connectivity index is 2.23. The van der Waals surface area contributed by atoms with E-state index in [-0.39, 0.29) is 23.9 Å². The average molecular weight is 404 g/mol. The first-order chi connectivity index (χ1) is 13.9. The zero-order valence-corrected chi connectivity index (χ0v) is 18.2. The molecule has 1 amide bonds. The number of carbonyl (C=O) groups excluding carboxylic acids is 2. The van der Waals surface area contributed by atoms with E-state index in [1.54, 1.807) is 32.4 Å². The zero-order valence-electron chi connectivity index (χ0n) is 18.2. The lowest BCUT2D eigenvalue weighted by molar-refractivity contribution is -0.112. The van der Waals surface area contributed by atoms with Gasteiger partial charge in [0.05, 0.1) is 13.7 Å². The minimum absolute atomic E-state index is 0.00961. The van der Waals surface area contributed by atoms with Crippen LogP contribution in [0.5, 0.6) is 11.5 Å². The van der Waals surface area contributed by atoms with Gasteiger partial charge in [0.25, 0.3) is 5.91 Å². The van der Waals surface area contributed by atoms with E-state index >= 15 is 0 Å². The Morgan fingerprint density at radius 1 is 1.28 bits per heavy atom. The molecular formula is C21H33BN2O5. The normalized spacial score (nSPS) is 19.8. The van der Waals surface area contributed by atoms with Crippen LogP contribution in [0.2, 0.25) is 0 Å². The molecule has 0 spiro atoms. The molecule has 1 saturated heterocycles. The molecule has 0 saturated carbocycles. The van der Waals surface area contributed by atoms with Crippen LogP contribution in [0.15, 0.2) is 18.2 Å². The third-order valence-corrected chi connectivity index (χ3v) is 5.18. The molecule has 0 aliphatic carbocycles. The van der Waals surface area contributed by atoms with Crippen molar-refractivity contribution < 1.29 is 23.8 Å². The number of amides is 1. The number of aldehydes is 1. The van der Waals surface area contributed by atoms with Gasteiger partial charge in [-0.15, -0.1) is 0 Å². The standard InChI is InChI=1S/C21H33BN2O5/c1-15(2)24(18-10-16(14-25)12-23(22)13-18)21(26)17-6-7-19(28-4)20(11-17)29-9-5-8-27-3/h6-7,11,14-16,18H,5,8-10,12-13,22H2,1-4H3. The molecule has 2 unspecified atom stereocenters. The van der Waals surface area contributed by atoms with Crippen LogP contribution in [-0.2, 0) is 9.53 Å². The fourth-order valence-corrected chi connectivity index (χ4v) is 3.91. The molecule has 1 heterocycles. The van der Waals surface area contributed by atoms with Crippen LogP contribution in [-0.4, -0.2) is 82.5 Å². The van der Waals surface area contributed by atoms with Gasteiger partial charge in [-0.05, 0) is 45.0 Å². The number of benzene rings is 1. The SMILES string of the molecule is BN1CC(C=O)CC(N(C(=O)c2ccc(OC)c(OCCCOC)c2)C(C)C)C1. The van der Waals surface area contributed by atoms with Gasteiger partial charge < -0.3 is 28.7 Å². The molecule has 160 valence electrons. The van der Waals surface area contributed by atoms with E-state index < -0.39 is 0 Å². The quantitative estimate of drug-likeness (QED) is 0.334. The second-order valence-electron chi connectivity index (χ2n) is 7.87. The molecule has 1 aliphatic rings. The third kappa shape index (κ3) is 6.21. The number of hydrogen-bond acceptors (Lipinski definition) is 6. The van der Waals surface area contributed by atoms with Gasteiger partial charge >= 0.3 is 0 Å². The smallest absolute Gasteiger partial charge is 0.254 e. The highest BCUT2D eigenvalue weighted by atomic mass is 16.5. The fourth-order valence-electron chi connectivity index (χ4n) is 3.91. The van der Waals surface area contributed by atoms with Gasteiger partial charge in [-0.1, -0.05) is 0 Å². The maximum absolute atomic E-state index is 13.4. The van der Waals surface area contributed by atoms with Crippen molar-refractivity contribution in [1.82, 2.24) is 9.71 Å². The second-order valence-corrected chi connectivity index (χ2v) is 7.87. The summed E-state index contributed by atoms with van der Waals surface area (Å²) in [5.74, 6) is 1.02. The molecule has 1 aliphatic heterocycles. The summed E-state index contributed by atoms with van der Waals surface area (Å²) < 4.78 is 16.3. The van der Waals surface area contributed by atoms with Gasteiger partial charge in [0.1, 0.15) is 6.29 Å². The monoisotopic (exact) mass is 404 g/mol. The topological polar surface area (TPSA) is 68.3 Å². The molecule has 0 radical (unpaired) electrons. The molecule has 29 heavy (non-hydrogen) atoms. The fraction of sp³-hybridized carbons (Fsp3) is 0.619. The van der Waals surface area contributed by atoms with Crippen LogP contribution in [0.25, 0.3) is 0 Å². The van der Waals surface area contributed by atoms with E-state index in [9.17, 15) is 9.59 Å². The summed E-state index contributed by atoms with van der Waals surface area (Å²) >= 11 is 0. The predicted octanol–water partition coefficient (Wildman–Crippen LogP) is 1.40. The summed E-state index contributed by atoms with van der Waals surface area (Å²) in [7, 11) is 5.22. The van der Waals surface area contributed by atoms with Crippen molar-refractivity contribution in [3.05, 3.63) is 23.8 Å². The minimum Gasteiger partial charge on any atom is -0.493 e. The first-order valence-electron chi connectivity index (χ1n) is 10.2. The maximum Gasteiger partial charge on any atom is 0.254 e. The lowest BCUT2D eigenvalue weighted by Crippen LogP contribution is -2.54. The summed E-state index contributed by atoms with van der Waals surface area (Å²) in [6.45, 7) is 6.59. The largest absolute Gasteiger partial charge is 0.493 e. The molecule has 0 aromatic heterocycles. The van der Waals surface area contributed by atoms with E-state index in [2.05, 4.69) is 4.81 Å². The Kier molecular flexibility index (Phi) is 8.98. The molecule has 1 aromatic carbocycles. The molecule has 2 rings (SSSR count). The predicted molar refractivity (Wildman–Crippen MR) is 114 cm³/mol. The highest BCUT2D eigenvalue weighted by Crippen LogP contribution is 2.30. The maximum atomic E-state index is 13.4. The van der Waals surface area contributed by atoms with E-state index in [0.29, 0.717) is 36.7 Å². The molecule has 7 nitrogen and oxygen atoms in total. The number of piperidine rings is 1. The summed E-state index contributed by atoms with van der Waals surface area (Å²) in [5.41, 5.74) is 0.553. The first-order valence-corrected chi connectivity index (χ1v) is 10.2. The van der Waals surface area contributed by atoms with E-state index in [1.165, 1.54) is 0 Å². The highest BCUT2D eigenvalue weighted by Gasteiger charge is 2.33. The number of methoxy groups -OCH3 is 2. The van der Waals surface area contributed by atoms with Crippen molar-refractivity contribution in [2.45, 2.75) is 38.8 Å². The lowest BCUT2D eigenvalue weighted by atomic mass is 9.91. The molecule has 2 atom stereocenters. The Bertz CT molecular complexity index is 685. The average Bonchev–Trinajstić information content (AvgIpc) is 2.70. The highest BCUT2D eigenvalue weighted by molar-refractivity contribution is 6.04. The first kappa shape index (κ1) is 23.2. The Morgan fingerprint density at radius 3 is 2.66 bits per heavy atom. The van der Waals surface area contributed by atoms with Gasteiger partial charge in [0, 0.05) is 50.2 Å². The van der Waals surface area contributed by atoms with Gasteiger partial charge in [0.2, 0.25) is 0 Å². The van der Waals surface area contributed by atoms with Crippen molar-refractivity contribution in [3.63, 3.8) is 0 Å². The Labute approximate surface area is 174 Å². The molecule has 0 N–H and O–H groups in total. The van der Waals surface area contributed by atoms with Crippen LogP contribution < -0.4 is 9.47 Å². The molecule has 8 heteroatoms. The third-order valence-electron chi connectivity index (χ3n) is 5.18. The number of nitrogens with zero attached hydrogens (tertiary/aromatic N) is 2. The van der Waals surface area contributed by atoms with Crippen LogP contribution in [0.4, 0.5) is 0 Å². The Hall–Kier alpha value is -2.06. The van der Waals surface area contributed by atoms with E-state index in [1.807, 2.05) is 26.7 Å². The van der Waals surface area contributed by atoms with Crippen molar-refractivity contribution in [1.29, 1.82) is 0 Å². The number of rotatable bonds is 10. The van der Waals surface area contributed by atoms with Crippen LogP contribution in [0.1, 0.15) is 37.0 Å². The minimum atomic E-state index is -0.0608. The van der Waals surface area contributed by atoms with Crippen LogP contribution >= 0.6 is 0 Å². The lowest BCUT2D eigenvalue weighted by Gasteiger charge is -2.42. The van der Waals surface area contributed by atoms with Gasteiger partial charge in [-0.3, -0.25) is 4.79 Å². The van der Waals surface area contributed by atoms with Crippen molar-refractivity contribution in [2.75, 3.05) is 40.5 Å². The van der Waals surface area contributed by atoms with Crippen LogP contribution in [0, 0.1) is 5.92 Å². The number of carbonyl (C=O) groups is 2. The number of hydrogen-bond donors (Lipinski definition) is 0. The zero-order chi connectivity index (χ0) is 21.4. The van der Waals surface area contributed by atoms with Gasteiger partial charge in [0.15, 0.2) is 19.5 Å². The summed E-state index contributed by atoms with van der Waals surface area (Å²) in [6, 6.07) is 5.28. The van der Waals surface area contributed by atoms with Gasteiger partial charge in [-0.25, -0.2) is 0 Å². The van der Waals surface area contributed by atoms with Crippen molar-refractivity contribution in [3.8, 4) is 11.5 Å². The van der Waals surface area contributed by atoms with E-state index in [0.717, 1.165) is 25.8 Å². The summed E-state index contributed by atoms with van der Waals surface area (Å²) in [4.78, 5) is 28.8. The Morgan fingerprint density at radius 2 is 2.03 bits per heavy atom. The summed E-state index contributed by atoms with van der Waals surface area (Å²) in [5, 5.41) is 0. The molecule has 1 fully saturated rings. The van der Waals surface area contributed by atoms with E-state index in [4.69, 9.17) is 14.2 Å². The molecule has 0 bridgehead atoms. The van der Waals surface area contributed by atoms with Gasteiger partial charge in [-0.2, -0.15) is 0 Å². The second kappa shape index (κ2) is 11.2. The van der Waals surface area contributed by atoms with Crippen molar-refractivity contribution in [2.24, 2.45) is 5.92 Å². The van der Waals surface area contributed by atoms with Crippen LogP contribution in [0.3, 0.4) is 0 Å². The number of ether oxygens (including phenoxy) is 3. The molecular weight excluding hydrogens is 371 g/mol. The van der Waals surface area contributed by atoms with Crippen molar-refractivity contribution >= 4 is 20.2 Å². The summed E-state index contributed by atoms with van der Waals surface area (Å²) in [6.07, 6.45) is 2.44. The molecule has 1 aromatic rings.